The maximum Gasteiger partial charge on any atom is 0.309 e. The van der Waals surface area contributed by atoms with Crippen LogP contribution >= 0.6 is 0 Å². The molecule has 0 aliphatic carbocycles. The van der Waals surface area contributed by atoms with Crippen molar-refractivity contribution in [2.24, 2.45) is 5.92 Å². The summed E-state index contributed by atoms with van der Waals surface area (Å²) < 4.78 is 5.03. The minimum absolute atomic E-state index is 0.0748. The van der Waals surface area contributed by atoms with Crippen LogP contribution in [-0.4, -0.2) is 18.0 Å². The van der Waals surface area contributed by atoms with Crippen molar-refractivity contribution in [1.82, 2.24) is 0 Å². The van der Waals surface area contributed by atoms with Crippen LogP contribution in [0.3, 0.4) is 0 Å². The van der Waals surface area contributed by atoms with Gasteiger partial charge in [0.05, 0.1) is 12.0 Å². The fraction of sp³-hybridized carbons (Fsp3) is 0.429. The molecule has 0 spiro atoms. The quantitative estimate of drug-likeness (QED) is 0.834. The fourth-order valence-electron chi connectivity index (χ4n) is 2.16. The summed E-state index contributed by atoms with van der Waals surface area (Å²) in [5, 5.41) is 2.80. The number of esters is 1. The third-order valence-electron chi connectivity index (χ3n) is 3.00. The molecule has 0 unspecified atom stereocenters. The van der Waals surface area contributed by atoms with E-state index in [1.165, 1.54) is 0 Å². The Hall–Kier alpha value is -1.84. The maximum atomic E-state index is 11.8. The number of ether oxygens (including phenoxy) is 1. The number of nitrogens with one attached hydrogen (secondary N) is 1. The molecule has 0 saturated carbocycles. The highest BCUT2D eigenvalue weighted by atomic mass is 16.5. The molecular formula is C14H17NO3. The summed E-state index contributed by atoms with van der Waals surface area (Å²) in [4.78, 5) is 23.2. The molecular weight excluding hydrogens is 230 g/mol. The van der Waals surface area contributed by atoms with E-state index in [1.54, 1.807) is 0 Å². The van der Waals surface area contributed by atoms with Gasteiger partial charge in [0.25, 0.3) is 0 Å². The van der Waals surface area contributed by atoms with Gasteiger partial charge in [0, 0.05) is 12.1 Å². The number of aryl methyl sites for hydroxylation is 1. The SMILES string of the molecule is Cc1cccc(NC(=O)C[C@@H]2C[C@H](C)OC2=O)c1. The van der Waals surface area contributed by atoms with Crippen LogP contribution in [0.4, 0.5) is 5.69 Å². The van der Waals surface area contributed by atoms with Gasteiger partial charge < -0.3 is 10.1 Å². The smallest absolute Gasteiger partial charge is 0.309 e. The monoisotopic (exact) mass is 247 g/mol. The molecule has 0 aromatic heterocycles. The molecule has 1 aliphatic heterocycles. The van der Waals surface area contributed by atoms with Crippen molar-refractivity contribution in [2.75, 3.05) is 5.32 Å². The van der Waals surface area contributed by atoms with Gasteiger partial charge in [-0.15, -0.1) is 0 Å². The van der Waals surface area contributed by atoms with Gasteiger partial charge in [-0.3, -0.25) is 9.59 Å². The van der Waals surface area contributed by atoms with Crippen LogP contribution in [-0.2, 0) is 14.3 Å². The van der Waals surface area contributed by atoms with Crippen molar-refractivity contribution in [3.05, 3.63) is 29.8 Å². The Morgan fingerprint density at radius 1 is 1.50 bits per heavy atom. The molecule has 1 N–H and O–H groups in total. The van der Waals surface area contributed by atoms with Crippen molar-refractivity contribution in [3.63, 3.8) is 0 Å². The molecule has 1 aromatic carbocycles. The molecule has 18 heavy (non-hydrogen) atoms. The van der Waals surface area contributed by atoms with Gasteiger partial charge in [0.2, 0.25) is 5.91 Å². The average Bonchev–Trinajstić information content (AvgIpc) is 2.57. The molecule has 1 aliphatic rings. The number of hydrogen-bond donors (Lipinski definition) is 1. The first-order valence-electron chi connectivity index (χ1n) is 6.11. The first kappa shape index (κ1) is 12.6. The minimum Gasteiger partial charge on any atom is -0.462 e. The van der Waals surface area contributed by atoms with E-state index in [-0.39, 0.29) is 30.3 Å². The lowest BCUT2D eigenvalue weighted by molar-refractivity contribution is -0.144. The van der Waals surface area contributed by atoms with Crippen LogP contribution in [0.15, 0.2) is 24.3 Å². The molecule has 0 bridgehead atoms. The minimum atomic E-state index is -0.301. The zero-order valence-corrected chi connectivity index (χ0v) is 10.6. The molecule has 2 rings (SSSR count). The molecule has 1 saturated heterocycles. The van der Waals surface area contributed by atoms with Crippen molar-refractivity contribution in [2.45, 2.75) is 32.8 Å². The topological polar surface area (TPSA) is 55.4 Å². The lowest BCUT2D eigenvalue weighted by Crippen LogP contribution is -2.19. The summed E-state index contributed by atoms with van der Waals surface area (Å²) in [5.41, 5.74) is 1.85. The van der Waals surface area contributed by atoms with Gasteiger partial charge in [0.1, 0.15) is 0 Å². The van der Waals surface area contributed by atoms with E-state index in [1.807, 2.05) is 38.1 Å². The standard InChI is InChI=1S/C14H17NO3/c1-9-4-3-5-12(6-9)15-13(16)8-11-7-10(2)18-14(11)17/h3-6,10-11H,7-8H2,1-2H3,(H,15,16)/t10-,11-/m0/s1. The van der Waals surface area contributed by atoms with Crippen LogP contribution in [0.25, 0.3) is 0 Å². The molecule has 4 nitrogen and oxygen atoms in total. The van der Waals surface area contributed by atoms with Gasteiger partial charge in [0.15, 0.2) is 0 Å². The Kier molecular flexibility index (Phi) is 3.65. The van der Waals surface area contributed by atoms with Crippen molar-refractivity contribution < 1.29 is 14.3 Å². The van der Waals surface area contributed by atoms with Gasteiger partial charge in [-0.2, -0.15) is 0 Å². The normalized spacial score (nSPS) is 22.7. The van der Waals surface area contributed by atoms with Crippen LogP contribution in [0.2, 0.25) is 0 Å². The number of rotatable bonds is 3. The highest BCUT2D eigenvalue weighted by molar-refractivity contribution is 5.93. The number of carbonyl (C=O) groups is 2. The second-order valence-corrected chi connectivity index (χ2v) is 4.80. The zero-order chi connectivity index (χ0) is 13.1. The summed E-state index contributed by atoms with van der Waals surface area (Å²) in [7, 11) is 0. The summed E-state index contributed by atoms with van der Waals surface area (Å²) in [5.74, 6) is -0.705. The highest BCUT2D eigenvalue weighted by Crippen LogP contribution is 2.24. The highest BCUT2D eigenvalue weighted by Gasteiger charge is 2.33. The predicted octanol–water partition coefficient (Wildman–Crippen LogP) is 2.28. The Balaban J connectivity index is 1.91. The summed E-state index contributed by atoms with van der Waals surface area (Å²) in [6.45, 7) is 3.81. The third-order valence-corrected chi connectivity index (χ3v) is 3.00. The average molecular weight is 247 g/mol. The Labute approximate surface area is 106 Å². The third kappa shape index (κ3) is 3.09. The van der Waals surface area contributed by atoms with E-state index in [0.717, 1.165) is 11.3 Å². The Bertz CT molecular complexity index is 470. The molecule has 96 valence electrons. The van der Waals surface area contributed by atoms with Gasteiger partial charge in [-0.05, 0) is 38.0 Å². The van der Waals surface area contributed by atoms with E-state index in [9.17, 15) is 9.59 Å². The summed E-state index contributed by atoms with van der Waals surface area (Å²) >= 11 is 0. The largest absolute Gasteiger partial charge is 0.462 e. The number of amides is 1. The molecule has 1 amide bonds. The second-order valence-electron chi connectivity index (χ2n) is 4.80. The van der Waals surface area contributed by atoms with Crippen molar-refractivity contribution in [3.8, 4) is 0 Å². The zero-order valence-electron chi connectivity index (χ0n) is 10.6. The lowest BCUT2D eigenvalue weighted by atomic mass is 10.0. The first-order valence-corrected chi connectivity index (χ1v) is 6.11. The van der Waals surface area contributed by atoms with Crippen LogP contribution in [0.5, 0.6) is 0 Å². The van der Waals surface area contributed by atoms with Crippen LogP contribution < -0.4 is 5.32 Å². The van der Waals surface area contributed by atoms with Crippen molar-refractivity contribution in [1.29, 1.82) is 0 Å². The van der Waals surface area contributed by atoms with Crippen LogP contribution in [0.1, 0.15) is 25.3 Å². The second kappa shape index (κ2) is 5.21. The van der Waals surface area contributed by atoms with E-state index >= 15 is 0 Å². The van der Waals surface area contributed by atoms with E-state index in [4.69, 9.17) is 4.74 Å². The molecule has 2 atom stereocenters. The van der Waals surface area contributed by atoms with Gasteiger partial charge >= 0.3 is 5.97 Å². The number of anilines is 1. The van der Waals surface area contributed by atoms with E-state index in [2.05, 4.69) is 5.32 Å². The Morgan fingerprint density at radius 2 is 2.28 bits per heavy atom. The van der Waals surface area contributed by atoms with Crippen molar-refractivity contribution >= 4 is 17.6 Å². The summed E-state index contributed by atoms with van der Waals surface area (Å²) in [6, 6.07) is 7.58. The molecule has 4 heteroatoms. The lowest BCUT2D eigenvalue weighted by Gasteiger charge is -2.07. The van der Waals surface area contributed by atoms with Gasteiger partial charge in [-0.25, -0.2) is 0 Å². The maximum absolute atomic E-state index is 11.8. The number of hydrogen-bond acceptors (Lipinski definition) is 3. The molecule has 0 radical (unpaired) electrons. The number of cyclic esters (lactones) is 1. The van der Waals surface area contributed by atoms with Gasteiger partial charge in [-0.1, -0.05) is 12.1 Å². The first-order chi connectivity index (χ1) is 8.54. The fourth-order valence-corrected chi connectivity index (χ4v) is 2.16. The molecule has 1 aromatic rings. The number of carbonyl (C=O) groups excluding carboxylic acids is 2. The molecule has 1 heterocycles. The predicted molar refractivity (Wildman–Crippen MR) is 68.1 cm³/mol. The number of benzene rings is 1. The van der Waals surface area contributed by atoms with Crippen LogP contribution in [0, 0.1) is 12.8 Å². The Morgan fingerprint density at radius 3 is 2.89 bits per heavy atom. The van der Waals surface area contributed by atoms with E-state index < -0.39 is 0 Å². The summed E-state index contributed by atoms with van der Waals surface area (Å²) in [6.07, 6.45) is 0.742. The molecule has 1 fully saturated rings. The van der Waals surface area contributed by atoms with E-state index in [0.29, 0.717) is 6.42 Å².